The minimum Gasteiger partial charge on any atom is -0.497 e. The molecule has 1 aromatic heterocycles. The number of H-pyrrole nitrogens is 1. The number of hydrogen-bond acceptors (Lipinski definition) is 3. The smallest absolute Gasteiger partial charge is 0.416 e. The highest BCUT2D eigenvalue weighted by Gasteiger charge is 2.37. The number of benzene rings is 2. The fraction of sp³-hybridized carbons (Fsp3) is 0.318. The summed E-state index contributed by atoms with van der Waals surface area (Å²) in [5.41, 5.74) is -3.10. The van der Waals surface area contributed by atoms with Gasteiger partial charge in [0.25, 0.3) is 0 Å². The molecule has 5 nitrogen and oxygen atoms in total. The molecule has 33 heavy (non-hydrogen) atoms. The highest BCUT2D eigenvalue weighted by Crippen LogP contribution is 2.36. The SMILES string of the molecule is COc1ccc(CCCc2[nH]c(=O)n(Cc3cc(C(F)(F)F)cc(C(F)(F)F)c3)c2O)cc1. The van der Waals surface area contributed by atoms with Crippen LogP contribution in [0.3, 0.4) is 0 Å². The van der Waals surface area contributed by atoms with Crippen LogP contribution < -0.4 is 10.4 Å². The van der Waals surface area contributed by atoms with Gasteiger partial charge in [-0.2, -0.15) is 26.3 Å². The van der Waals surface area contributed by atoms with Gasteiger partial charge in [-0.05, 0) is 60.7 Å². The van der Waals surface area contributed by atoms with E-state index in [0.29, 0.717) is 35.3 Å². The third kappa shape index (κ3) is 5.91. The lowest BCUT2D eigenvalue weighted by molar-refractivity contribution is -0.143. The largest absolute Gasteiger partial charge is 0.497 e. The zero-order valence-electron chi connectivity index (χ0n) is 17.3. The van der Waals surface area contributed by atoms with E-state index in [4.69, 9.17) is 4.74 Å². The Morgan fingerprint density at radius 2 is 1.48 bits per heavy atom. The van der Waals surface area contributed by atoms with E-state index in [1.54, 1.807) is 19.2 Å². The Hall–Kier alpha value is -3.37. The second-order valence-electron chi connectivity index (χ2n) is 7.43. The molecule has 0 saturated carbocycles. The number of aromatic amines is 1. The van der Waals surface area contributed by atoms with E-state index in [1.807, 2.05) is 12.1 Å². The molecule has 0 aliphatic rings. The highest BCUT2D eigenvalue weighted by molar-refractivity contribution is 5.34. The number of rotatable bonds is 7. The zero-order valence-corrected chi connectivity index (χ0v) is 17.3. The number of nitrogens with one attached hydrogen (secondary N) is 1. The van der Waals surface area contributed by atoms with Crippen LogP contribution in [0.4, 0.5) is 26.3 Å². The summed E-state index contributed by atoms with van der Waals surface area (Å²) in [6.45, 7) is -0.660. The van der Waals surface area contributed by atoms with Crippen LogP contribution in [-0.2, 0) is 31.7 Å². The van der Waals surface area contributed by atoms with Crippen molar-refractivity contribution in [3.05, 3.63) is 80.9 Å². The Morgan fingerprint density at radius 1 is 0.909 bits per heavy atom. The van der Waals surface area contributed by atoms with Gasteiger partial charge in [0.15, 0.2) is 0 Å². The summed E-state index contributed by atoms with van der Waals surface area (Å²) < 4.78 is 84.1. The predicted octanol–water partition coefficient (Wildman–Crippen LogP) is 5.15. The van der Waals surface area contributed by atoms with Gasteiger partial charge in [-0.25, -0.2) is 4.79 Å². The van der Waals surface area contributed by atoms with E-state index in [2.05, 4.69) is 4.98 Å². The van der Waals surface area contributed by atoms with Crippen molar-refractivity contribution >= 4 is 0 Å². The molecule has 0 amide bonds. The Kier molecular flexibility index (Phi) is 6.80. The van der Waals surface area contributed by atoms with Gasteiger partial charge in [-0.3, -0.25) is 4.57 Å². The molecule has 0 radical (unpaired) electrons. The van der Waals surface area contributed by atoms with E-state index >= 15 is 0 Å². The summed E-state index contributed by atoms with van der Waals surface area (Å²) in [4.78, 5) is 14.6. The topological polar surface area (TPSA) is 67.2 Å². The van der Waals surface area contributed by atoms with Gasteiger partial charge in [-0.15, -0.1) is 0 Å². The maximum Gasteiger partial charge on any atom is 0.416 e. The van der Waals surface area contributed by atoms with Gasteiger partial charge >= 0.3 is 18.0 Å². The molecule has 0 unspecified atom stereocenters. The van der Waals surface area contributed by atoms with Crippen molar-refractivity contribution in [3.63, 3.8) is 0 Å². The van der Waals surface area contributed by atoms with Crippen molar-refractivity contribution in [2.24, 2.45) is 0 Å². The van der Waals surface area contributed by atoms with Crippen molar-refractivity contribution < 1.29 is 36.2 Å². The molecule has 0 spiro atoms. The first kappa shape index (κ1) is 24.3. The highest BCUT2D eigenvalue weighted by atomic mass is 19.4. The first-order valence-electron chi connectivity index (χ1n) is 9.80. The first-order chi connectivity index (χ1) is 15.4. The van der Waals surface area contributed by atoms with E-state index < -0.39 is 47.2 Å². The van der Waals surface area contributed by atoms with E-state index in [9.17, 15) is 36.2 Å². The summed E-state index contributed by atoms with van der Waals surface area (Å²) in [5.74, 6) is 0.168. The number of aromatic hydroxyl groups is 1. The van der Waals surface area contributed by atoms with Crippen molar-refractivity contribution in [3.8, 4) is 11.6 Å². The molecule has 2 aromatic carbocycles. The minimum absolute atomic E-state index is 0.00778. The second kappa shape index (κ2) is 9.24. The number of ether oxygens (including phenoxy) is 1. The molecule has 178 valence electrons. The van der Waals surface area contributed by atoms with Gasteiger partial charge in [-0.1, -0.05) is 12.1 Å². The molecule has 0 atom stereocenters. The van der Waals surface area contributed by atoms with Crippen LogP contribution in [0.15, 0.2) is 47.3 Å². The standard InChI is InChI=1S/C22H20F6N2O3/c1-33-17-7-5-13(6-8-17)3-2-4-18-19(31)30(20(32)29-18)12-14-9-15(21(23,24)25)11-16(10-14)22(26,27)28/h5-11,31H,2-4,12H2,1H3,(H,29,32). The van der Waals surface area contributed by atoms with Gasteiger partial charge in [0.05, 0.1) is 30.5 Å². The van der Waals surface area contributed by atoms with Crippen LogP contribution in [0.5, 0.6) is 11.6 Å². The van der Waals surface area contributed by atoms with Crippen LogP contribution in [0.1, 0.15) is 34.4 Å². The third-order valence-corrected chi connectivity index (χ3v) is 5.07. The average Bonchev–Trinajstić information content (AvgIpc) is 3.00. The summed E-state index contributed by atoms with van der Waals surface area (Å²) in [6.07, 6.45) is -8.63. The molecule has 0 fully saturated rings. The van der Waals surface area contributed by atoms with Crippen molar-refractivity contribution in [2.75, 3.05) is 7.11 Å². The van der Waals surface area contributed by atoms with Gasteiger partial charge in [0, 0.05) is 0 Å². The number of aryl methyl sites for hydroxylation is 2. The average molecular weight is 474 g/mol. The molecule has 3 rings (SSSR count). The van der Waals surface area contributed by atoms with Gasteiger partial charge < -0.3 is 14.8 Å². The van der Waals surface area contributed by atoms with Crippen molar-refractivity contribution in [1.82, 2.24) is 9.55 Å². The number of methoxy groups -OCH3 is 1. The molecule has 1 heterocycles. The Bertz CT molecular complexity index is 1130. The molecule has 3 aromatic rings. The second-order valence-corrected chi connectivity index (χ2v) is 7.43. The number of aromatic nitrogens is 2. The fourth-order valence-corrected chi connectivity index (χ4v) is 3.39. The van der Waals surface area contributed by atoms with Crippen molar-refractivity contribution in [2.45, 2.75) is 38.2 Å². The fourth-order valence-electron chi connectivity index (χ4n) is 3.39. The summed E-state index contributed by atoms with van der Waals surface area (Å²) in [6, 6.07) is 8.35. The zero-order chi connectivity index (χ0) is 24.4. The van der Waals surface area contributed by atoms with E-state index in [0.717, 1.165) is 5.56 Å². The Morgan fingerprint density at radius 3 is 2.00 bits per heavy atom. The van der Waals surface area contributed by atoms with Crippen LogP contribution in [0.25, 0.3) is 0 Å². The summed E-state index contributed by atoms with van der Waals surface area (Å²) >= 11 is 0. The molecule has 2 N–H and O–H groups in total. The normalized spacial score (nSPS) is 12.2. The molecule has 11 heteroatoms. The number of nitrogens with zero attached hydrogens (tertiary/aromatic N) is 1. The summed E-state index contributed by atoms with van der Waals surface area (Å²) in [7, 11) is 1.54. The molecular weight excluding hydrogens is 454 g/mol. The molecule has 0 saturated heterocycles. The van der Waals surface area contributed by atoms with Gasteiger partial charge in [0.2, 0.25) is 5.88 Å². The molecule has 0 aliphatic heterocycles. The number of imidazole rings is 1. The first-order valence-corrected chi connectivity index (χ1v) is 9.80. The molecule has 0 bridgehead atoms. The maximum atomic E-state index is 13.1. The Labute approximate surface area is 184 Å². The van der Waals surface area contributed by atoms with E-state index in [1.165, 1.54) is 0 Å². The monoisotopic (exact) mass is 474 g/mol. The van der Waals surface area contributed by atoms with Crippen LogP contribution >= 0.6 is 0 Å². The third-order valence-electron chi connectivity index (χ3n) is 5.07. The summed E-state index contributed by atoms with van der Waals surface area (Å²) in [5, 5.41) is 10.4. The van der Waals surface area contributed by atoms with Crippen LogP contribution in [0, 0.1) is 0 Å². The van der Waals surface area contributed by atoms with Crippen LogP contribution in [0.2, 0.25) is 0 Å². The number of alkyl halides is 6. The lowest BCUT2D eigenvalue weighted by atomic mass is 10.0. The number of hydrogen-bond donors (Lipinski definition) is 2. The number of halogens is 6. The maximum absolute atomic E-state index is 13.1. The van der Waals surface area contributed by atoms with E-state index in [-0.39, 0.29) is 18.2 Å². The lowest BCUT2D eigenvalue weighted by Gasteiger charge is -2.14. The Balaban J connectivity index is 1.79. The lowest BCUT2D eigenvalue weighted by Crippen LogP contribution is -2.18. The van der Waals surface area contributed by atoms with Crippen LogP contribution in [-0.4, -0.2) is 21.8 Å². The molecule has 0 aliphatic carbocycles. The van der Waals surface area contributed by atoms with Crippen molar-refractivity contribution in [1.29, 1.82) is 0 Å². The quantitative estimate of drug-likeness (QED) is 0.466. The predicted molar refractivity (Wildman–Crippen MR) is 107 cm³/mol. The minimum atomic E-state index is -5.01. The van der Waals surface area contributed by atoms with Gasteiger partial charge in [0.1, 0.15) is 5.75 Å². The molecular formula is C22H20F6N2O3.